The molecule has 1 aromatic heterocycles. The fourth-order valence-corrected chi connectivity index (χ4v) is 4.86. The number of carbonyl (C=O) groups excluding carboxylic acids is 2. The number of hydrogen-bond acceptors (Lipinski definition) is 4. The van der Waals surface area contributed by atoms with Crippen molar-refractivity contribution in [2.75, 3.05) is 0 Å². The van der Waals surface area contributed by atoms with Crippen LogP contribution in [-0.2, 0) is 18.6 Å². The van der Waals surface area contributed by atoms with Crippen LogP contribution in [-0.4, -0.2) is 37.5 Å². The Kier molecular flexibility index (Phi) is 9.02. The normalized spacial score (nSPS) is 12.2. The van der Waals surface area contributed by atoms with Gasteiger partial charge in [-0.25, -0.2) is 4.98 Å². The second-order valence-electron chi connectivity index (χ2n) is 12.9. The van der Waals surface area contributed by atoms with E-state index in [1.165, 1.54) is 5.56 Å². The molecule has 7 heteroatoms. The first-order chi connectivity index (χ1) is 19.7. The van der Waals surface area contributed by atoms with Gasteiger partial charge in [0.2, 0.25) is 0 Å². The summed E-state index contributed by atoms with van der Waals surface area (Å²) in [5.41, 5.74) is 2.43. The van der Waals surface area contributed by atoms with E-state index in [9.17, 15) is 14.7 Å². The van der Waals surface area contributed by atoms with E-state index in [-0.39, 0.29) is 22.9 Å². The maximum Gasteiger partial charge on any atom is 0.251 e. The van der Waals surface area contributed by atoms with Gasteiger partial charge in [-0.3, -0.25) is 9.59 Å². The molecule has 0 bridgehead atoms. The van der Waals surface area contributed by atoms with Gasteiger partial charge in [-0.05, 0) is 95.3 Å². The highest BCUT2D eigenvalue weighted by molar-refractivity contribution is 5.95. The average molecular weight is 567 g/mol. The van der Waals surface area contributed by atoms with Crippen molar-refractivity contribution in [1.29, 1.82) is 0 Å². The van der Waals surface area contributed by atoms with E-state index >= 15 is 0 Å². The third-order valence-corrected chi connectivity index (χ3v) is 6.96. The Morgan fingerprint density at radius 3 is 1.67 bits per heavy atom. The molecule has 0 radical (unpaired) electrons. The summed E-state index contributed by atoms with van der Waals surface area (Å²) in [4.78, 5) is 29.9. The number of carbonyl (C=O) groups is 2. The molecule has 0 spiro atoms. The summed E-state index contributed by atoms with van der Waals surface area (Å²) in [5, 5.41) is 18.3. The zero-order chi connectivity index (χ0) is 30.5. The monoisotopic (exact) mass is 566 g/mol. The Morgan fingerprint density at radius 1 is 0.738 bits per heavy atom. The van der Waals surface area contributed by atoms with Crippen LogP contribution in [0.1, 0.15) is 91.1 Å². The van der Waals surface area contributed by atoms with Crippen molar-refractivity contribution in [3.8, 4) is 0 Å². The number of nitrogens with zero attached hydrogens (tertiary/aromatic N) is 2. The molecule has 0 atom stereocenters. The molecule has 220 valence electrons. The Bertz CT molecular complexity index is 1420. The van der Waals surface area contributed by atoms with Crippen LogP contribution in [0.2, 0.25) is 0 Å². The Balaban J connectivity index is 1.64. The Morgan fingerprint density at radius 2 is 1.21 bits per heavy atom. The smallest absolute Gasteiger partial charge is 0.251 e. The van der Waals surface area contributed by atoms with Gasteiger partial charge in [0.05, 0.1) is 6.33 Å². The maximum atomic E-state index is 12.7. The molecule has 0 unspecified atom stereocenters. The molecule has 1 heterocycles. The van der Waals surface area contributed by atoms with Crippen molar-refractivity contribution in [2.45, 2.75) is 77.6 Å². The summed E-state index contributed by atoms with van der Waals surface area (Å²) in [6.07, 6.45) is 4.58. The molecule has 0 fully saturated rings. The minimum atomic E-state index is -1.38. The lowest BCUT2D eigenvalue weighted by atomic mass is 9.81. The summed E-state index contributed by atoms with van der Waals surface area (Å²) in [6, 6.07) is 24.4. The first-order valence-corrected chi connectivity index (χ1v) is 14.3. The minimum absolute atomic E-state index is 0.170. The number of imidazole rings is 1. The highest BCUT2D eigenvalue weighted by atomic mass is 16.3. The van der Waals surface area contributed by atoms with Crippen LogP contribution in [0.3, 0.4) is 0 Å². The maximum absolute atomic E-state index is 12.7. The number of hydrogen-bond donors (Lipinski definition) is 3. The van der Waals surface area contributed by atoms with Gasteiger partial charge in [0.15, 0.2) is 0 Å². The zero-order valence-electron chi connectivity index (χ0n) is 25.4. The van der Waals surface area contributed by atoms with Crippen LogP contribution in [0.4, 0.5) is 0 Å². The number of aromatic nitrogens is 2. The van der Waals surface area contributed by atoms with Crippen LogP contribution in [0.15, 0.2) is 91.4 Å². The van der Waals surface area contributed by atoms with Crippen molar-refractivity contribution in [3.05, 3.63) is 125 Å². The number of nitrogens with one attached hydrogen (secondary N) is 2. The van der Waals surface area contributed by atoms with Crippen LogP contribution < -0.4 is 10.6 Å². The van der Waals surface area contributed by atoms with Crippen LogP contribution in [0.25, 0.3) is 0 Å². The molecule has 2 amide bonds. The molecule has 0 aliphatic heterocycles. The molecular weight excluding hydrogens is 524 g/mol. The van der Waals surface area contributed by atoms with E-state index in [1.807, 2.05) is 72.3 Å². The van der Waals surface area contributed by atoms with Crippen LogP contribution >= 0.6 is 0 Å². The van der Waals surface area contributed by atoms with Crippen molar-refractivity contribution in [3.63, 3.8) is 0 Å². The fourth-order valence-electron chi connectivity index (χ4n) is 4.86. The molecule has 0 aliphatic rings. The van der Waals surface area contributed by atoms with Gasteiger partial charge in [-0.1, -0.05) is 54.6 Å². The predicted molar refractivity (Wildman–Crippen MR) is 166 cm³/mol. The Hall–Kier alpha value is -4.23. The predicted octanol–water partition coefficient (Wildman–Crippen LogP) is 5.86. The molecule has 4 rings (SSSR count). The summed E-state index contributed by atoms with van der Waals surface area (Å²) >= 11 is 0. The van der Waals surface area contributed by atoms with Crippen molar-refractivity contribution < 1.29 is 14.7 Å². The molecule has 0 aliphatic carbocycles. The summed E-state index contributed by atoms with van der Waals surface area (Å²) in [6.45, 7) is 12.3. The average Bonchev–Trinajstić information content (AvgIpc) is 3.37. The molecular formula is C35H42N4O3. The standard InChI is InChI=1S/C35H42N4O3/c1-33(2,3)37-31(40)26-12-16-28(17-13-26)35(42,29-18-14-27(15-19-29)32(41)38-34(4,5)6)21-20-30-22-36-24-39(30)23-25-10-8-7-9-11-25/h7-19,22,24,42H,20-21,23H2,1-6H3,(H,37,40)(H,38,41). The second kappa shape index (κ2) is 12.3. The van der Waals surface area contributed by atoms with Crippen LogP contribution in [0, 0.1) is 0 Å². The fraction of sp³-hybridized carbons (Fsp3) is 0.343. The summed E-state index contributed by atoms with van der Waals surface area (Å²) in [7, 11) is 0. The van der Waals surface area contributed by atoms with Gasteiger partial charge >= 0.3 is 0 Å². The van der Waals surface area contributed by atoms with Crippen molar-refractivity contribution in [1.82, 2.24) is 20.2 Å². The van der Waals surface area contributed by atoms with E-state index in [4.69, 9.17) is 0 Å². The lowest BCUT2D eigenvalue weighted by molar-refractivity contribution is 0.0705. The SMILES string of the molecule is CC(C)(C)NC(=O)c1ccc(C(O)(CCc2cncn2Cc2ccccc2)c2ccc(C(=O)NC(C)(C)C)cc2)cc1. The molecule has 0 saturated heterocycles. The number of benzene rings is 3. The highest BCUT2D eigenvalue weighted by Gasteiger charge is 2.32. The quantitative estimate of drug-likeness (QED) is 0.237. The number of amides is 2. The lowest BCUT2D eigenvalue weighted by Crippen LogP contribution is -2.40. The van der Waals surface area contributed by atoms with Gasteiger partial charge in [0.25, 0.3) is 11.8 Å². The molecule has 3 aromatic carbocycles. The third kappa shape index (κ3) is 7.95. The van der Waals surface area contributed by atoms with E-state index in [0.717, 1.165) is 5.69 Å². The highest BCUT2D eigenvalue weighted by Crippen LogP contribution is 2.35. The molecule has 7 nitrogen and oxygen atoms in total. The van der Waals surface area contributed by atoms with Gasteiger partial charge in [0.1, 0.15) is 5.60 Å². The Labute approximate surface area is 249 Å². The zero-order valence-corrected chi connectivity index (χ0v) is 25.4. The minimum Gasteiger partial charge on any atom is -0.380 e. The topological polar surface area (TPSA) is 96.2 Å². The van der Waals surface area contributed by atoms with Gasteiger partial charge in [-0.15, -0.1) is 0 Å². The second-order valence-corrected chi connectivity index (χ2v) is 12.9. The van der Waals surface area contributed by atoms with Gasteiger partial charge < -0.3 is 20.3 Å². The van der Waals surface area contributed by atoms with Gasteiger partial charge in [0, 0.05) is 40.6 Å². The van der Waals surface area contributed by atoms with E-state index < -0.39 is 5.60 Å². The number of aryl methyl sites for hydroxylation is 1. The molecule has 0 saturated carbocycles. The molecule has 3 N–H and O–H groups in total. The van der Waals surface area contributed by atoms with Crippen LogP contribution in [0.5, 0.6) is 0 Å². The molecule has 4 aromatic rings. The van der Waals surface area contributed by atoms with E-state index in [2.05, 4.69) is 32.3 Å². The van der Waals surface area contributed by atoms with E-state index in [0.29, 0.717) is 41.6 Å². The number of aliphatic hydroxyl groups is 1. The van der Waals surface area contributed by atoms with E-state index in [1.54, 1.807) is 48.5 Å². The summed E-state index contributed by atoms with van der Waals surface area (Å²) < 4.78 is 2.09. The first kappa shape index (κ1) is 30.7. The van der Waals surface area contributed by atoms with Crippen molar-refractivity contribution in [2.24, 2.45) is 0 Å². The largest absolute Gasteiger partial charge is 0.380 e. The summed E-state index contributed by atoms with van der Waals surface area (Å²) in [5.74, 6) is -0.340. The molecule has 42 heavy (non-hydrogen) atoms. The third-order valence-electron chi connectivity index (χ3n) is 6.96. The number of rotatable bonds is 9. The van der Waals surface area contributed by atoms with Gasteiger partial charge in [-0.2, -0.15) is 0 Å². The lowest BCUT2D eigenvalue weighted by Gasteiger charge is -2.30. The first-order valence-electron chi connectivity index (χ1n) is 14.3. The van der Waals surface area contributed by atoms with Crippen molar-refractivity contribution >= 4 is 11.8 Å².